The van der Waals surface area contributed by atoms with Gasteiger partial charge in [-0.15, -0.1) is 0 Å². The second kappa shape index (κ2) is 8.12. The topological polar surface area (TPSA) is 50.4 Å². The van der Waals surface area contributed by atoms with Crippen molar-refractivity contribution in [1.82, 2.24) is 10.6 Å². The number of hydrogen-bond donors (Lipinski definition) is 2. The van der Waals surface area contributed by atoms with Crippen molar-refractivity contribution in [2.75, 3.05) is 26.0 Å². The zero-order valence-corrected chi connectivity index (χ0v) is 12.6. The van der Waals surface area contributed by atoms with Crippen LogP contribution in [-0.4, -0.2) is 49.3 Å². The highest BCUT2D eigenvalue weighted by Crippen LogP contribution is 2.27. The standard InChI is InChI=1S/C14H26N2O2S/c1-19-13-5-3-2-4-12(13)16-14(17)10-18-11-6-8-15-9-7-11/h11-13,15H,2-10H2,1H3,(H,16,17). The highest BCUT2D eigenvalue weighted by Gasteiger charge is 2.26. The molecular formula is C14H26N2O2S. The summed E-state index contributed by atoms with van der Waals surface area (Å²) in [5.41, 5.74) is 0. The Labute approximate surface area is 120 Å². The van der Waals surface area contributed by atoms with Crippen molar-refractivity contribution in [2.24, 2.45) is 0 Å². The first-order valence-corrected chi connectivity index (χ1v) is 8.73. The number of amides is 1. The Bertz CT molecular complexity index is 283. The van der Waals surface area contributed by atoms with Gasteiger partial charge < -0.3 is 15.4 Å². The molecule has 2 atom stereocenters. The largest absolute Gasteiger partial charge is 0.368 e. The number of ether oxygens (including phenoxy) is 1. The summed E-state index contributed by atoms with van der Waals surface area (Å²) in [5.74, 6) is 0.0597. The van der Waals surface area contributed by atoms with E-state index >= 15 is 0 Å². The summed E-state index contributed by atoms with van der Waals surface area (Å²) in [5, 5.41) is 7.04. The van der Waals surface area contributed by atoms with Gasteiger partial charge in [0.2, 0.25) is 5.91 Å². The summed E-state index contributed by atoms with van der Waals surface area (Å²) in [4.78, 5) is 12.0. The zero-order chi connectivity index (χ0) is 13.5. The first-order chi connectivity index (χ1) is 9.29. The molecule has 2 N–H and O–H groups in total. The van der Waals surface area contributed by atoms with E-state index < -0.39 is 0 Å². The first-order valence-electron chi connectivity index (χ1n) is 7.44. The number of carbonyl (C=O) groups excluding carboxylic acids is 1. The molecule has 1 saturated carbocycles. The van der Waals surface area contributed by atoms with Crippen LogP contribution in [0.2, 0.25) is 0 Å². The third-order valence-electron chi connectivity index (χ3n) is 4.09. The molecule has 1 heterocycles. The zero-order valence-electron chi connectivity index (χ0n) is 11.8. The number of thioether (sulfide) groups is 1. The fraction of sp³-hybridized carbons (Fsp3) is 0.929. The number of nitrogens with one attached hydrogen (secondary N) is 2. The van der Waals surface area contributed by atoms with E-state index in [1.165, 1.54) is 19.3 Å². The summed E-state index contributed by atoms with van der Waals surface area (Å²) >= 11 is 1.88. The first kappa shape index (κ1) is 15.1. The van der Waals surface area contributed by atoms with E-state index in [0.29, 0.717) is 11.3 Å². The number of carbonyl (C=O) groups is 1. The van der Waals surface area contributed by atoms with Crippen molar-refractivity contribution in [3.8, 4) is 0 Å². The Hall–Kier alpha value is -0.260. The lowest BCUT2D eigenvalue weighted by atomic mass is 9.95. The average Bonchev–Trinajstić information content (AvgIpc) is 2.47. The molecule has 1 amide bonds. The van der Waals surface area contributed by atoms with E-state index in [1.54, 1.807) is 0 Å². The van der Waals surface area contributed by atoms with Crippen molar-refractivity contribution in [1.29, 1.82) is 0 Å². The maximum Gasteiger partial charge on any atom is 0.246 e. The van der Waals surface area contributed by atoms with Crippen LogP contribution in [0, 0.1) is 0 Å². The van der Waals surface area contributed by atoms with Crippen LogP contribution in [0.25, 0.3) is 0 Å². The third kappa shape index (κ3) is 4.97. The highest BCUT2D eigenvalue weighted by molar-refractivity contribution is 7.99. The van der Waals surface area contributed by atoms with Crippen LogP contribution >= 0.6 is 11.8 Å². The summed E-state index contributed by atoms with van der Waals surface area (Å²) < 4.78 is 5.70. The minimum absolute atomic E-state index is 0.0597. The van der Waals surface area contributed by atoms with Crippen molar-refractivity contribution >= 4 is 17.7 Å². The van der Waals surface area contributed by atoms with Crippen molar-refractivity contribution in [3.05, 3.63) is 0 Å². The molecule has 1 aliphatic carbocycles. The maximum absolute atomic E-state index is 12.0. The minimum Gasteiger partial charge on any atom is -0.368 e. The molecule has 110 valence electrons. The van der Waals surface area contributed by atoms with E-state index in [2.05, 4.69) is 16.9 Å². The molecule has 1 saturated heterocycles. The van der Waals surface area contributed by atoms with Gasteiger partial charge in [-0.1, -0.05) is 12.8 Å². The van der Waals surface area contributed by atoms with Gasteiger partial charge in [0.15, 0.2) is 0 Å². The predicted octanol–water partition coefficient (Wildman–Crippen LogP) is 1.55. The molecule has 0 aromatic rings. The Morgan fingerprint density at radius 1 is 1.26 bits per heavy atom. The van der Waals surface area contributed by atoms with Crippen molar-refractivity contribution in [2.45, 2.75) is 55.9 Å². The molecule has 2 aliphatic rings. The van der Waals surface area contributed by atoms with Gasteiger partial charge in [0.25, 0.3) is 0 Å². The Kier molecular flexibility index (Phi) is 6.47. The van der Waals surface area contributed by atoms with Crippen LogP contribution in [0.5, 0.6) is 0 Å². The lowest BCUT2D eigenvalue weighted by Crippen LogP contribution is -2.45. The lowest BCUT2D eigenvalue weighted by molar-refractivity contribution is -0.129. The summed E-state index contributed by atoms with van der Waals surface area (Å²) in [6, 6.07) is 0.341. The monoisotopic (exact) mass is 286 g/mol. The SMILES string of the molecule is CSC1CCCCC1NC(=O)COC1CCNCC1. The summed E-state index contributed by atoms with van der Waals surface area (Å²) in [6.45, 7) is 2.23. The average molecular weight is 286 g/mol. The molecule has 19 heavy (non-hydrogen) atoms. The van der Waals surface area contributed by atoms with Gasteiger partial charge in [0.05, 0.1) is 6.10 Å². The third-order valence-corrected chi connectivity index (χ3v) is 5.26. The second-order valence-corrected chi connectivity index (χ2v) is 6.57. The smallest absolute Gasteiger partial charge is 0.246 e. The molecule has 0 bridgehead atoms. The predicted molar refractivity (Wildman–Crippen MR) is 79.5 cm³/mol. The minimum atomic E-state index is 0.0597. The Balaban J connectivity index is 1.67. The van der Waals surface area contributed by atoms with E-state index in [9.17, 15) is 4.79 Å². The van der Waals surface area contributed by atoms with Gasteiger partial charge in [-0.25, -0.2) is 0 Å². The van der Waals surface area contributed by atoms with Crippen LogP contribution in [-0.2, 0) is 9.53 Å². The molecule has 5 heteroatoms. The number of rotatable bonds is 5. The molecule has 2 unspecified atom stereocenters. The van der Waals surface area contributed by atoms with Gasteiger partial charge in [-0.2, -0.15) is 11.8 Å². The molecule has 0 aromatic heterocycles. The summed E-state index contributed by atoms with van der Waals surface area (Å²) in [7, 11) is 0. The molecule has 2 fully saturated rings. The lowest BCUT2D eigenvalue weighted by Gasteiger charge is -2.31. The molecule has 0 aromatic carbocycles. The second-order valence-electron chi connectivity index (χ2n) is 5.49. The van der Waals surface area contributed by atoms with Crippen molar-refractivity contribution < 1.29 is 9.53 Å². The van der Waals surface area contributed by atoms with Crippen LogP contribution in [0.15, 0.2) is 0 Å². The molecule has 1 aliphatic heterocycles. The highest BCUT2D eigenvalue weighted by atomic mass is 32.2. The van der Waals surface area contributed by atoms with E-state index in [0.717, 1.165) is 32.4 Å². The fourth-order valence-corrected chi connectivity index (χ4v) is 3.88. The van der Waals surface area contributed by atoms with Gasteiger partial charge in [0, 0.05) is 11.3 Å². The quantitative estimate of drug-likeness (QED) is 0.805. The molecule has 0 spiro atoms. The fourth-order valence-electron chi connectivity index (χ4n) is 2.95. The normalized spacial score (nSPS) is 29.1. The molecule has 2 rings (SSSR count). The van der Waals surface area contributed by atoms with Gasteiger partial charge >= 0.3 is 0 Å². The molecule has 4 nitrogen and oxygen atoms in total. The van der Waals surface area contributed by atoms with Gasteiger partial charge in [0.1, 0.15) is 6.61 Å². The van der Waals surface area contributed by atoms with E-state index in [-0.39, 0.29) is 18.6 Å². The van der Waals surface area contributed by atoms with Crippen LogP contribution in [0.4, 0.5) is 0 Å². The molecule has 0 radical (unpaired) electrons. The van der Waals surface area contributed by atoms with Gasteiger partial charge in [-0.3, -0.25) is 4.79 Å². The Morgan fingerprint density at radius 3 is 2.74 bits per heavy atom. The van der Waals surface area contributed by atoms with Crippen LogP contribution in [0.3, 0.4) is 0 Å². The molecular weight excluding hydrogens is 260 g/mol. The maximum atomic E-state index is 12.0. The Morgan fingerprint density at radius 2 is 2.00 bits per heavy atom. The number of hydrogen-bond acceptors (Lipinski definition) is 4. The van der Waals surface area contributed by atoms with Crippen LogP contribution < -0.4 is 10.6 Å². The van der Waals surface area contributed by atoms with Crippen LogP contribution in [0.1, 0.15) is 38.5 Å². The van der Waals surface area contributed by atoms with E-state index in [4.69, 9.17) is 4.74 Å². The van der Waals surface area contributed by atoms with Crippen molar-refractivity contribution in [3.63, 3.8) is 0 Å². The van der Waals surface area contributed by atoms with E-state index in [1.807, 2.05) is 11.8 Å². The summed E-state index contributed by atoms with van der Waals surface area (Å²) in [6.07, 6.45) is 9.30. The number of piperidine rings is 1. The van der Waals surface area contributed by atoms with Gasteiger partial charge in [-0.05, 0) is 45.0 Å².